The number of urea groups is 1. The van der Waals surface area contributed by atoms with Crippen LogP contribution in [-0.4, -0.2) is 64.5 Å². The summed E-state index contributed by atoms with van der Waals surface area (Å²) >= 11 is 0. The number of hydrogen-bond donors (Lipinski definition) is 1. The number of nitrogens with one attached hydrogen (secondary N) is 1. The van der Waals surface area contributed by atoms with Crippen LogP contribution >= 0.6 is 0 Å². The second kappa shape index (κ2) is 10.3. The maximum atomic E-state index is 13.4. The topological polar surface area (TPSA) is 81.0 Å². The molecule has 1 aliphatic rings. The van der Waals surface area contributed by atoms with E-state index in [4.69, 9.17) is 9.47 Å². The number of carbonyl (C=O) groups is 1. The van der Waals surface area contributed by atoms with Crippen molar-refractivity contribution in [3.63, 3.8) is 0 Å². The maximum Gasteiger partial charge on any atom is 0.322 e. The van der Waals surface area contributed by atoms with Crippen molar-refractivity contribution in [2.24, 2.45) is 5.92 Å². The molecule has 0 spiro atoms. The molecule has 4 rings (SSSR count). The van der Waals surface area contributed by atoms with Crippen molar-refractivity contribution in [1.82, 2.24) is 19.5 Å². The third-order valence-electron chi connectivity index (χ3n) is 6.31. The monoisotopic (exact) mass is 453 g/mol. The lowest BCUT2D eigenvalue weighted by Gasteiger charge is -2.43. The van der Waals surface area contributed by atoms with Crippen LogP contribution in [0.5, 0.6) is 0 Å². The minimum absolute atomic E-state index is 0. The van der Waals surface area contributed by atoms with E-state index in [9.17, 15) is 4.79 Å². The molecule has 8 nitrogen and oxygen atoms in total. The van der Waals surface area contributed by atoms with Crippen molar-refractivity contribution in [3.8, 4) is 11.3 Å². The second-order valence-electron chi connectivity index (χ2n) is 8.99. The standard InChI is InChI=1S/C25H33N5O3.H2/c1-17-11-19(3)30(22(12-17)16-33-10-9-32-4)25(31)28-20-6-5-18(2)23(13-20)24-15-29-21(14-26-24)7-8-27-29;/h5-8,13-15,17,19,22H,9-12,16H2,1-4H3,(H,28,31);1H/t17-,19-,22?;/m1./s1. The molecular formula is C25H35N5O3. The van der Waals surface area contributed by atoms with Crippen molar-refractivity contribution >= 4 is 17.2 Å². The minimum atomic E-state index is -0.0972. The predicted octanol–water partition coefficient (Wildman–Crippen LogP) is 4.63. The Kier molecular flexibility index (Phi) is 7.25. The molecule has 3 aromatic rings. The zero-order chi connectivity index (χ0) is 23.4. The highest BCUT2D eigenvalue weighted by Gasteiger charge is 2.35. The number of fused-ring (bicyclic) bond motifs is 1. The van der Waals surface area contributed by atoms with Gasteiger partial charge in [0.15, 0.2) is 0 Å². The van der Waals surface area contributed by atoms with E-state index in [0.717, 1.165) is 40.9 Å². The number of nitrogens with zero attached hydrogens (tertiary/aromatic N) is 4. The molecule has 3 atom stereocenters. The van der Waals surface area contributed by atoms with Gasteiger partial charge in [-0.25, -0.2) is 9.31 Å². The Morgan fingerprint density at radius 1 is 1.24 bits per heavy atom. The molecule has 1 fully saturated rings. The zero-order valence-corrected chi connectivity index (χ0v) is 19.8. The summed E-state index contributed by atoms with van der Waals surface area (Å²) in [5, 5.41) is 7.42. The van der Waals surface area contributed by atoms with E-state index in [2.05, 4.69) is 29.2 Å². The lowest BCUT2D eigenvalue weighted by Crippen LogP contribution is -2.54. The first-order chi connectivity index (χ1) is 16.0. The number of amides is 2. The third kappa shape index (κ3) is 5.34. The Bertz CT molecular complexity index is 1110. The fourth-order valence-corrected chi connectivity index (χ4v) is 4.73. The van der Waals surface area contributed by atoms with Crippen LogP contribution in [0.3, 0.4) is 0 Å². The highest BCUT2D eigenvalue weighted by Crippen LogP contribution is 2.30. The van der Waals surface area contributed by atoms with Gasteiger partial charge in [-0.05, 0) is 56.4 Å². The summed E-state index contributed by atoms with van der Waals surface area (Å²) in [5.41, 5.74) is 4.53. The summed E-state index contributed by atoms with van der Waals surface area (Å²) in [4.78, 5) is 19.9. The number of aromatic nitrogens is 3. The van der Waals surface area contributed by atoms with Gasteiger partial charge in [-0.3, -0.25) is 4.98 Å². The van der Waals surface area contributed by atoms with Crippen molar-refractivity contribution in [2.45, 2.75) is 45.7 Å². The molecular weight excluding hydrogens is 418 g/mol. The first kappa shape index (κ1) is 23.2. The number of hydrogen-bond acceptors (Lipinski definition) is 5. The smallest absolute Gasteiger partial charge is 0.322 e. The van der Waals surface area contributed by atoms with E-state index in [0.29, 0.717) is 25.7 Å². The Morgan fingerprint density at radius 2 is 2.09 bits per heavy atom. The highest BCUT2D eigenvalue weighted by atomic mass is 16.5. The Morgan fingerprint density at radius 3 is 2.91 bits per heavy atom. The normalized spacial score (nSPS) is 20.8. The zero-order valence-electron chi connectivity index (χ0n) is 19.8. The molecule has 0 radical (unpaired) electrons. The maximum absolute atomic E-state index is 13.4. The molecule has 2 aromatic heterocycles. The molecule has 33 heavy (non-hydrogen) atoms. The number of anilines is 1. The quantitative estimate of drug-likeness (QED) is 0.527. The van der Waals surface area contributed by atoms with Gasteiger partial charge in [-0.15, -0.1) is 0 Å². The molecule has 0 aliphatic carbocycles. The average molecular weight is 454 g/mol. The first-order valence-corrected chi connectivity index (χ1v) is 11.5. The van der Waals surface area contributed by atoms with Gasteiger partial charge in [-0.2, -0.15) is 5.10 Å². The van der Waals surface area contributed by atoms with Crippen LogP contribution in [0.15, 0.2) is 42.9 Å². The summed E-state index contributed by atoms with van der Waals surface area (Å²) in [6, 6.07) is 7.91. The second-order valence-corrected chi connectivity index (χ2v) is 8.99. The lowest BCUT2D eigenvalue weighted by molar-refractivity contribution is 0.00962. The van der Waals surface area contributed by atoms with Crippen LogP contribution in [0, 0.1) is 12.8 Å². The molecule has 2 amide bonds. The molecule has 1 aliphatic heterocycles. The fourth-order valence-electron chi connectivity index (χ4n) is 4.73. The van der Waals surface area contributed by atoms with Crippen molar-refractivity contribution in [2.75, 3.05) is 32.2 Å². The number of carbonyl (C=O) groups excluding carboxylic acids is 1. The third-order valence-corrected chi connectivity index (χ3v) is 6.31. The summed E-state index contributed by atoms with van der Waals surface area (Å²) < 4.78 is 12.7. The molecule has 1 aromatic carbocycles. The van der Waals surface area contributed by atoms with Gasteiger partial charge >= 0.3 is 6.03 Å². The van der Waals surface area contributed by atoms with E-state index in [1.807, 2.05) is 42.3 Å². The number of methoxy groups -OCH3 is 1. The van der Waals surface area contributed by atoms with Crippen LogP contribution in [0.2, 0.25) is 0 Å². The number of aryl methyl sites for hydroxylation is 1. The van der Waals surface area contributed by atoms with Crippen LogP contribution in [0.4, 0.5) is 10.5 Å². The van der Waals surface area contributed by atoms with E-state index in [1.54, 1.807) is 24.0 Å². The van der Waals surface area contributed by atoms with Gasteiger partial charge in [0.25, 0.3) is 0 Å². The molecule has 178 valence electrons. The van der Waals surface area contributed by atoms with Crippen molar-refractivity contribution in [1.29, 1.82) is 0 Å². The van der Waals surface area contributed by atoms with E-state index in [-0.39, 0.29) is 19.5 Å². The van der Waals surface area contributed by atoms with Crippen LogP contribution in [0.25, 0.3) is 16.8 Å². The van der Waals surface area contributed by atoms with E-state index in [1.165, 1.54) is 0 Å². The SMILES string of the molecule is COCCOCC1C[C@H](C)C[C@@H](C)N1C(=O)Nc1ccc(C)c(-c2cn3nccc3cn2)c1.[HH]. The van der Waals surface area contributed by atoms with Gasteiger partial charge in [0.05, 0.1) is 55.7 Å². The van der Waals surface area contributed by atoms with Crippen molar-refractivity contribution in [3.05, 3.63) is 48.4 Å². The lowest BCUT2D eigenvalue weighted by atomic mass is 9.88. The Labute approximate surface area is 196 Å². The number of benzene rings is 1. The summed E-state index contributed by atoms with van der Waals surface area (Å²) in [5.74, 6) is 0.550. The van der Waals surface area contributed by atoms with Crippen LogP contribution < -0.4 is 5.32 Å². The number of piperidine rings is 1. The van der Waals surface area contributed by atoms with Crippen LogP contribution in [0.1, 0.15) is 33.7 Å². The van der Waals surface area contributed by atoms with Gasteiger partial charge in [0, 0.05) is 25.8 Å². The van der Waals surface area contributed by atoms with Crippen molar-refractivity contribution < 1.29 is 15.7 Å². The molecule has 0 saturated carbocycles. The van der Waals surface area contributed by atoms with Crippen LogP contribution in [-0.2, 0) is 9.47 Å². The molecule has 8 heteroatoms. The van der Waals surface area contributed by atoms with Gasteiger partial charge in [-0.1, -0.05) is 13.0 Å². The summed E-state index contributed by atoms with van der Waals surface area (Å²) in [6.07, 6.45) is 7.37. The number of ether oxygens (including phenoxy) is 2. The Balaban J connectivity index is 0.00000324. The molecule has 1 N–H and O–H groups in total. The molecule has 0 bridgehead atoms. The highest BCUT2D eigenvalue weighted by molar-refractivity contribution is 5.91. The van der Waals surface area contributed by atoms with Gasteiger partial charge in [0.1, 0.15) is 0 Å². The minimum Gasteiger partial charge on any atom is -0.382 e. The first-order valence-electron chi connectivity index (χ1n) is 11.5. The van der Waals surface area contributed by atoms with Gasteiger partial charge in [0.2, 0.25) is 0 Å². The summed E-state index contributed by atoms with van der Waals surface area (Å²) in [6.45, 7) is 7.98. The average Bonchev–Trinajstić information content (AvgIpc) is 3.25. The molecule has 1 unspecified atom stereocenters. The van der Waals surface area contributed by atoms with Gasteiger partial charge < -0.3 is 19.7 Å². The van der Waals surface area contributed by atoms with E-state index >= 15 is 0 Å². The largest absolute Gasteiger partial charge is 0.382 e. The molecule has 3 heterocycles. The fraction of sp³-hybridized carbons (Fsp3) is 0.480. The van der Waals surface area contributed by atoms with E-state index < -0.39 is 0 Å². The predicted molar refractivity (Wildman–Crippen MR) is 130 cm³/mol. The number of rotatable bonds is 7. The number of likely N-dealkylation sites (tertiary alicyclic amines) is 1. The summed E-state index contributed by atoms with van der Waals surface area (Å²) in [7, 11) is 1.66. The Hall–Kier alpha value is -2.97. The molecule has 1 saturated heterocycles.